The molecule has 1 heterocycles. The molecule has 0 fully saturated rings. The van der Waals surface area contributed by atoms with E-state index in [0.717, 1.165) is 0 Å². The fraction of sp³-hybridized carbons (Fsp3) is 0. The average Bonchev–Trinajstić information content (AvgIpc) is 3.23. The van der Waals surface area contributed by atoms with Crippen molar-refractivity contribution in [2.45, 2.75) is 0 Å². The van der Waals surface area contributed by atoms with Gasteiger partial charge in [0, 0.05) is 27.4 Å². The van der Waals surface area contributed by atoms with Crippen molar-refractivity contribution in [3.05, 3.63) is 121 Å². The van der Waals surface area contributed by atoms with Crippen LogP contribution in [0.15, 0.2) is 121 Å². The summed E-state index contributed by atoms with van der Waals surface area (Å²) >= 11 is 0. The molecule has 0 spiro atoms. The highest BCUT2D eigenvalue weighted by atomic mass is 14.7. The molecule has 0 aliphatic carbocycles. The molecule has 6 rings (SSSR count). The van der Waals surface area contributed by atoms with Crippen LogP contribution in [0.3, 0.4) is 0 Å². The molecule has 1 aromatic heterocycles. The van der Waals surface area contributed by atoms with Gasteiger partial charge in [-0.3, -0.25) is 0 Å². The van der Waals surface area contributed by atoms with Gasteiger partial charge in [-0.1, -0.05) is 109 Å². The molecule has 0 aliphatic heterocycles. The topological polar surface area (TPSA) is 15.8 Å². The van der Waals surface area contributed by atoms with E-state index < -0.39 is 0 Å². The van der Waals surface area contributed by atoms with Crippen molar-refractivity contribution in [1.82, 2.24) is 4.98 Å². The third-order valence-corrected chi connectivity index (χ3v) is 6.00. The lowest BCUT2D eigenvalue weighted by Gasteiger charge is -2.18. The minimum absolute atomic E-state index is 1.17. The van der Waals surface area contributed by atoms with Crippen LogP contribution in [-0.2, 0) is 0 Å². The zero-order chi connectivity index (χ0) is 20.6. The van der Waals surface area contributed by atoms with Crippen molar-refractivity contribution in [1.29, 1.82) is 0 Å². The Labute approximate surface area is 181 Å². The molecule has 31 heavy (non-hydrogen) atoms. The molecule has 0 saturated heterocycles. The van der Waals surface area contributed by atoms with Crippen molar-refractivity contribution in [2.24, 2.45) is 0 Å². The summed E-state index contributed by atoms with van der Waals surface area (Å²) in [5.41, 5.74) is 9.80. The first-order valence-electron chi connectivity index (χ1n) is 10.6. The van der Waals surface area contributed by atoms with E-state index >= 15 is 0 Å². The standard InChI is InChI=1S/C30H21N/c1-4-12-21(13-5-1)25-20-27-30(24-18-10-11-19-26(24)31-27)29(23-16-8-3-9-17-23)28(25)22-14-6-2-7-15-22/h1-20,31H. The Bertz CT molecular complexity index is 1490. The van der Waals surface area contributed by atoms with Crippen molar-refractivity contribution in [3.63, 3.8) is 0 Å². The van der Waals surface area contributed by atoms with E-state index in [9.17, 15) is 0 Å². The number of fused-ring (bicyclic) bond motifs is 3. The smallest absolute Gasteiger partial charge is 0.0477 e. The van der Waals surface area contributed by atoms with E-state index in [1.54, 1.807) is 0 Å². The number of hydrogen-bond donors (Lipinski definition) is 1. The van der Waals surface area contributed by atoms with Crippen molar-refractivity contribution in [2.75, 3.05) is 0 Å². The molecule has 1 nitrogen and oxygen atoms in total. The van der Waals surface area contributed by atoms with Gasteiger partial charge >= 0.3 is 0 Å². The van der Waals surface area contributed by atoms with Crippen molar-refractivity contribution in [3.8, 4) is 33.4 Å². The van der Waals surface area contributed by atoms with Gasteiger partial charge in [0.05, 0.1) is 0 Å². The first kappa shape index (κ1) is 17.7. The van der Waals surface area contributed by atoms with E-state index in [4.69, 9.17) is 0 Å². The Balaban J connectivity index is 1.86. The molecule has 0 saturated carbocycles. The molecule has 0 unspecified atom stereocenters. The molecule has 0 amide bonds. The van der Waals surface area contributed by atoms with Gasteiger partial charge in [0.1, 0.15) is 0 Å². The Morgan fingerprint density at radius 3 is 1.58 bits per heavy atom. The van der Waals surface area contributed by atoms with Crippen LogP contribution in [0.5, 0.6) is 0 Å². The summed E-state index contributed by atoms with van der Waals surface area (Å²) in [4.78, 5) is 3.68. The summed E-state index contributed by atoms with van der Waals surface area (Å²) in [7, 11) is 0. The van der Waals surface area contributed by atoms with E-state index in [1.807, 2.05) is 0 Å². The molecule has 6 aromatic rings. The van der Waals surface area contributed by atoms with Crippen LogP contribution in [0.4, 0.5) is 0 Å². The van der Waals surface area contributed by atoms with Gasteiger partial charge in [0.25, 0.3) is 0 Å². The first-order valence-corrected chi connectivity index (χ1v) is 10.6. The van der Waals surface area contributed by atoms with Crippen LogP contribution in [0.25, 0.3) is 55.2 Å². The maximum absolute atomic E-state index is 3.68. The number of para-hydroxylation sites is 1. The van der Waals surface area contributed by atoms with E-state index in [-0.39, 0.29) is 0 Å². The Morgan fingerprint density at radius 2 is 0.935 bits per heavy atom. The van der Waals surface area contributed by atoms with Gasteiger partial charge in [0.2, 0.25) is 0 Å². The average molecular weight is 396 g/mol. The molecular formula is C30H21N. The quantitative estimate of drug-likeness (QED) is 0.310. The first-order chi connectivity index (χ1) is 15.4. The highest BCUT2D eigenvalue weighted by Gasteiger charge is 2.20. The second-order valence-electron chi connectivity index (χ2n) is 7.87. The molecular weight excluding hydrogens is 374 g/mol. The van der Waals surface area contributed by atoms with Crippen LogP contribution in [0.1, 0.15) is 0 Å². The zero-order valence-corrected chi connectivity index (χ0v) is 17.0. The monoisotopic (exact) mass is 395 g/mol. The van der Waals surface area contributed by atoms with Gasteiger partial charge < -0.3 is 4.98 Å². The van der Waals surface area contributed by atoms with Crippen molar-refractivity contribution >= 4 is 21.8 Å². The summed E-state index contributed by atoms with van der Waals surface area (Å²) in [5, 5.41) is 2.54. The van der Waals surface area contributed by atoms with Crippen LogP contribution in [-0.4, -0.2) is 4.98 Å². The summed E-state index contributed by atoms with van der Waals surface area (Å²) in [6, 6.07) is 43.1. The predicted octanol–water partition coefficient (Wildman–Crippen LogP) is 8.32. The largest absolute Gasteiger partial charge is 0.354 e. The third kappa shape index (κ3) is 2.94. The number of H-pyrrole nitrogens is 1. The number of benzene rings is 5. The molecule has 0 aliphatic rings. The number of nitrogens with one attached hydrogen (secondary N) is 1. The molecule has 0 bridgehead atoms. The lowest BCUT2D eigenvalue weighted by molar-refractivity contribution is 1.53. The van der Waals surface area contributed by atoms with E-state index in [1.165, 1.54) is 55.2 Å². The summed E-state index contributed by atoms with van der Waals surface area (Å²) in [6.07, 6.45) is 0. The minimum Gasteiger partial charge on any atom is -0.354 e. The SMILES string of the molecule is c1ccc(-c2cc3[nH]c4ccccc4c3c(-c3ccccc3)c2-c2ccccc2)cc1. The number of hydrogen-bond acceptors (Lipinski definition) is 0. The van der Waals surface area contributed by atoms with Gasteiger partial charge in [-0.05, 0) is 39.9 Å². The molecule has 1 heteroatoms. The van der Waals surface area contributed by atoms with Crippen LogP contribution >= 0.6 is 0 Å². The number of aromatic nitrogens is 1. The third-order valence-electron chi connectivity index (χ3n) is 6.00. The van der Waals surface area contributed by atoms with Gasteiger partial charge in [-0.15, -0.1) is 0 Å². The summed E-state index contributed by atoms with van der Waals surface area (Å²) < 4.78 is 0. The highest BCUT2D eigenvalue weighted by molar-refractivity contribution is 6.20. The second kappa shape index (κ2) is 7.30. The molecule has 1 N–H and O–H groups in total. The maximum Gasteiger partial charge on any atom is 0.0477 e. The van der Waals surface area contributed by atoms with E-state index in [0.29, 0.717) is 0 Å². The zero-order valence-electron chi connectivity index (χ0n) is 17.0. The van der Waals surface area contributed by atoms with Gasteiger partial charge in [-0.2, -0.15) is 0 Å². The molecule has 0 atom stereocenters. The molecule has 5 aromatic carbocycles. The predicted molar refractivity (Wildman–Crippen MR) is 132 cm³/mol. The molecule has 0 radical (unpaired) electrons. The Morgan fingerprint density at radius 1 is 0.419 bits per heavy atom. The lowest BCUT2D eigenvalue weighted by Crippen LogP contribution is -1.92. The normalized spacial score (nSPS) is 11.2. The van der Waals surface area contributed by atoms with Gasteiger partial charge in [0.15, 0.2) is 0 Å². The van der Waals surface area contributed by atoms with Gasteiger partial charge in [-0.25, -0.2) is 0 Å². The maximum atomic E-state index is 3.68. The fourth-order valence-corrected chi connectivity index (χ4v) is 4.66. The lowest BCUT2D eigenvalue weighted by atomic mass is 9.85. The molecule has 146 valence electrons. The summed E-state index contributed by atoms with van der Waals surface area (Å²) in [5.74, 6) is 0. The highest BCUT2D eigenvalue weighted by Crippen LogP contribution is 2.46. The number of rotatable bonds is 3. The summed E-state index contributed by atoms with van der Waals surface area (Å²) in [6.45, 7) is 0. The number of aromatic amines is 1. The fourth-order valence-electron chi connectivity index (χ4n) is 4.66. The minimum atomic E-state index is 1.17. The van der Waals surface area contributed by atoms with Crippen LogP contribution in [0, 0.1) is 0 Å². The van der Waals surface area contributed by atoms with E-state index in [2.05, 4.69) is 126 Å². The van der Waals surface area contributed by atoms with Crippen LogP contribution < -0.4 is 0 Å². The second-order valence-corrected chi connectivity index (χ2v) is 7.87. The Kier molecular flexibility index (Phi) is 4.18. The van der Waals surface area contributed by atoms with Crippen LogP contribution in [0.2, 0.25) is 0 Å². The van der Waals surface area contributed by atoms with Crippen molar-refractivity contribution < 1.29 is 0 Å². The Hall–Kier alpha value is -4.10.